The van der Waals surface area contributed by atoms with Crippen molar-refractivity contribution in [3.63, 3.8) is 0 Å². The molecule has 0 aromatic heterocycles. The second kappa shape index (κ2) is 9.72. The smallest absolute Gasteiger partial charge is 0.308 e. The summed E-state index contributed by atoms with van der Waals surface area (Å²) >= 11 is 0. The van der Waals surface area contributed by atoms with Crippen LogP contribution in [0.15, 0.2) is 0 Å². The molecule has 3 rings (SSSR count). The van der Waals surface area contributed by atoms with E-state index in [1.54, 1.807) is 0 Å². The first kappa shape index (κ1) is 21.1. The molecule has 158 valence electrons. The molecule has 3 saturated carbocycles. The minimum absolute atomic E-state index is 0.0158. The van der Waals surface area contributed by atoms with E-state index in [1.807, 2.05) is 0 Å². The number of aliphatic carboxylic acids is 1. The molecule has 0 aromatic rings. The van der Waals surface area contributed by atoms with E-state index >= 15 is 0 Å². The average molecular weight is 394 g/mol. The van der Waals surface area contributed by atoms with Crippen molar-refractivity contribution >= 4 is 17.8 Å². The van der Waals surface area contributed by atoms with Crippen molar-refractivity contribution in [1.29, 1.82) is 0 Å². The van der Waals surface area contributed by atoms with E-state index in [4.69, 9.17) is 5.73 Å². The molecule has 0 radical (unpaired) electrons. The van der Waals surface area contributed by atoms with Crippen LogP contribution >= 0.6 is 0 Å². The highest BCUT2D eigenvalue weighted by Gasteiger charge is 2.38. The van der Waals surface area contributed by atoms with E-state index in [0.29, 0.717) is 12.8 Å². The average Bonchev–Trinajstić information content (AvgIpc) is 2.69. The molecular weight excluding hydrogens is 358 g/mol. The molecule has 0 saturated heterocycles. The molecule has 6 atom stereocenters. The van der Waals surface area contributed by atoms with Crippen LogP contribution in [0.4, 0.5) is 0 Å². The summed E-state index contributed by atoms with van der Waals surface area (Å²) in [5.74, 6) is -1.89. The molecule has 3 fully saturated rings. The van der Waals surface area contributed by atoms with Gasteiger partial charge in [0.2, 0.25) is 11.8 Å². The molecule has 0 aliphatic heterocycles. The zero-order valence-corrected chi connectivity index (χ0v) is 16.7. The number of carbonyl (C=O) groups is 3. The third-order valence-electron chi connectivity index (χ3n) is 7.00. The summed E-state index contributed by atoms with van der Waals surface area (Å²) in [6, 6.07) is -0.575. The SMILES string of the molecule is N[C@@H]1CCCC[C@H]1C(=O)N[C@@H]1CCCC[C@H]1C(=O)N[C@@H]1CCCC[C@H]1C(=O)O. The van der Waals surface area contributed by atoms with Gasteiger partial charge < -0.3 is 21.5 Å². The molecule has 5 N–H and O–H groups in total. The molecule has 7 nitrogen and oxygen atoms in total. The van der Waals surface area contributed by atoms with Gasteiger partial charge in [-0.1, -0.05) is 38.5 Å². The van der Waals surface area contributed by atoms with E-state index < -0.39 is 11.9 Å². The summed E-state index contributed by atoms with van der Waals surface area (Å²) in [6.07, 6.45) is 10.4. The maximum absolute atomic E-state index is 13.0. The molecule has 0 unspecified atom stereocenters. The van der Waals surface area contributed by atoms with Crippen LogP contribution in [0, 0.1) is 17.8 Å². The van der Waals surface area contributed by atoms with Crippen molar-refractivity contribution in [3.8, 4) is 0 Å². The molecule has 28 heavy (non-hydrogen) atoms. The van der Waals surface area contributed by atoms with Crippen LogP contribution in [-0.2, 0) is 14.4 Å². The van der Waals surface area contributed by atoms with Crippen molar-refractivity contribution < 1.29 is 19.5 Å². The summed E-state index contributed by atoms with van der Waals surface area (Å²) < 4.78 is 0. The molecule has 3 aliphatic carbocycles. The highest BCUT2D eigenvalue weighted by atomic mass is 16.4. The van der Waals surface area contributed by atoms with Gasteiger partial charge in [0, 0.05) is 18.1 Å². The fourth-order valence-corrected chi connectivity index (χ4v) is 5.28. The van der Waals surface area contributed by atoms with Crippen LogP contribution in [0.1, 0.15) is 77.0 Å². The predicted molar refractivity (Wildman–Crippen MR) is 105 cm³/mol. The molecule has 7 heteroatoms. The standard InChI is InChI=1S/C21H35N3O4/c22-16-10-4-1-7-13(16)19(25)23-17-11-5-2-8-14(17)20(26)24-18-12-6-3-9-15(18)21(27)28/h13-18H,1-12,22H2,(H,23,25)(H,24,26)(H,27,28)/t13-,14-,15-,16-,17-,18-/m1/s1. The second-order valence-electron chi connectivity index (χ2n) is 8.91. The largest absolute Gasteiger partial charge is 0.481 e. The number of amides is 2. The lowest BCUT2D eigenvalue weighted by atomic mass is 9.80. The topological polar surface area (TPSA) is 122 Å². The quantitative estimate of drug-likeness (QED) is 0.569. The number of nitrogens with two attached hydrogens (primary N) is 1. The Labute approximate surface area is 167 Å². The van der Waals surface area contributed by atoms with Crippen LogP contribution in [-0.4, -0.2) is 41.0 Å². The van der Waals surface area contributed by atoms with E-state index in [2.05, 4.69) is 10.6 Å². The summed E-state index contributed by atoms with van der Waals surface area (Å²) in [5, 5.41) is 15.6. The normalized spacial score (nSPS) is 36.3. The number of carboxylic acid groups (broad SMARTS) is 1. The van der Waals surface area contributed by atoms with Gasteiger partial charge in [-0.3, -0.25) is 14.4 Å². The number of carbonyl (C=O) groups excluding carboxylic acids is 2. The molecule has 0 heterocycles. The van der Waals surface area contributed by atoms with Gasteiger partial charge in [0.15, 0.2) is 0 Å². The molecule has 0 bridgehead atoms. The predicted octanol–water partition coefficient (Wildman–Crippen LogP) is 1.94. The van der Waals surface area contributed by atoms with Crippen LogP contribution in [0.2, 0.25) is 0 Å². The highest BCUT2D eigenvalue weighted by Crippen LogP contribution is 2.29. The van der Waals surface area contributed by atoms with Crippen LogP contribution in [0.3, 0.4) is 0 Å². The number of rotatable bonds is 5. The van der Waals surface area contributed by atoms with Gasteiger partial charge in [-0.25, -0.2) is 0 Å². The lowest BCUT2D eigenvalue weighted by molar-refractivity contribution is -0.144. The summed E-state index contributed by atoms with van der Waals surface area (Å²) in [6.45, 7) is 0. The minimum atomic E-state index is -0.829. The van der Waals surface area contributed by atoms with Gasteiger partial charge in [-0.2, -0.15) is 0 Å². The Balaban J connectivity index is 1.61. The third-order valence-corrected chi connectivity index (χ3v) is 7.00. The Hall–Kier alpha value is -1.63. The van der Waals surface area contributed by atoms with Crippen LogP contribution < -0.4 is 16.4 Å². The second-order valence-corrected chi connectivity index (χ2v) is 8.91. The number of hydrogen-bond acceptors (Lipinski definition) is 4. The van der Waals surface area contributed by atoms with Gasteiger partial charge in [-0.15, -0.1) is 0 Å². The fourth-order valence-electron chi connectivity index (χ4n) is 5.28. The molecule has 0 aromatic carbocycles. The van der Waals surface area contributed by atoms with Crippen LogP contribution in [0.25, 0.3) is 0 Å². The van der Waals surface area contributed by atoms with E-state index in [0.717, 1.165) is 64.2 Å². The van der Waals surface area contributed by atoms with Gasteiger partial charge in [0.1, 0.15) is 0 Å². The van der Waals surface area contributed by atoms with Crippen molar-refractivity contribution in [1.82, 2.24) is 10.6 Å². The Morgan fingerprint density at radius 2 is 1.07 bits per heavy atom. The van der Waals surface area contributed by atoms with Gasteiger partial charge in [0.25, 0.3) is 0 Å². The van der Waals surface area contributed by atoms with Crippen molar-refractivity contribution in [2.24, 2.45) is 23.5 Å². The first-order chi connectivity index (χ1) is 13.5. The minimum Gasteiger partial charge on any atom is -0.481 e. The Morgan fingerprint density at radius 1 is 0.643 bits per heavy atom. The molecule has 2 amide bonds. The third kappa shape index (κ3) is 5.04. The van der Waals surface area contributed by atoms with Crippen molar-refractivity contribution in [2.45, 2.75) is 95.2 Å². The Kier molecular flexibility index (Phi) is 7.32. The van der Waals surface area contributed by atoms with E-state index in [-0.39, 0.29) is 41.8 Å². The molecule has 0 spiro atoms. The Morgan fingerprint density at radius 3 is 1.64 bits per heavy atom. The van der Waals surface area contributed by atoms with E-state index in [9.17, 15) is 19.5 Å². The first-order valence-corrected chi connectivity index (χ1v) is 11.1. The number of nitrogens with one attached hydrogen (secondary N) is 2. The zero-order chi connectivity index (χ0) is 20.1. The van der Waals surface area contributed by atoms with Gasteiger partial charge >= 0.3 is 5.97 Å². The van der Waals surface area contributed by atoms with Crippen molar-refractivity contribution in [2.75, 3.05) is 0 Å². The number of hydrogen-bond donors (Lipinski definition) is 4. The maximum Gasteiger partial charge on any atom is 0.308 e. The zero-order valence-electron chi connectivity index (χ0n) is 16.7. The van der Waals surface area contributed by atoms with Crippen molar-refractivity contribution in [3.05, 3.63) is 0 Å². The maximum atomic E-state index is 13.0. The lowest BCUT2D eigenvalue weighted by Crippen LogP contribution is -2.54. The van der Waals surface area contributed by atoms with Gasteiger partial charge in [0.05, 0.1) is 17.8 Å². The Bertz CT molecular complexity index is 582. The van der Waals surface area contributed by atoms with E-state index in [1.165, 1.54) is 0 Å². The summed E-state index contributed by atoms with van der Waals surface area (Å²) in [4.78, 5) is 37.3. The molecule has 3 aliphatic rings. The monoisotopic (exact) mass is 393 g/mol. The molecular formula is C21H35N3O4. The highest BCUT2D eigenvalue weighted by molar-refractivity contribution is 5.84. The number of carboxylic acids is 1. The fraction of sp³-hybridized carbons (Fsp3) is 0.857. The summed E-state index contributed by atoms with van der Waals surface area (Å²) in [5.41, 5.74) is 6.15. The van der Waals surface area contributed by atoms with Gasteiger partial charge in [-0.05, 0) is 38.5 Å². The first-order valence-electron chi connectivity index (χ1n) is 11.1. The van der Waals surface area contributed by atoms with Crippen LogP contribution in [0.5, 0.6) is 0 Å². The lowest BCUT2D eigenvalue weighted by Gasteiger charge is -2.36. The summed E-state index contributed by atoms with van der Waals surface area (Å²) in [7, 11) is 0.